The second-order valence-electron chi connectivity index (χ2n) is 6.60. The third-order valence-electron chi connectivity index (χ3n) is 4.32. The molecule has 0 saturated heterocycles. The molecule has 1 heterocycles. The van der Waals surface area contributed by atoms with Gasteiger partial charge in [0.1, 0.15) is 13.5 Å². The molecule has 2 aromatic rings. The van der Waals surface area contributed by atoms with E-state index in [-0.39, 0.29) is 16.1 Å². The summed E-state index contributed by atoms with van der Waals surface area (Å²) in [6.07, 6.45) is 0.654. The molecule has 0 spiro atoms. The molecule has 1 aromatic carbocycles. The smallest absolute Gasteiger partial charge is 0.172 e. The Bertz CT molecular complexity index is 680. The largest absolute Gasteiger partial charge is 0.356 e. The second-order valence-corrected chi connectivity index (χ2v) is 11.8. The molecular weight excluding hydrogens is 270 g/mol. The maximum absolute atomic E-state index is 12.8. The number of hydrogen-bond donors (Lipinski definition) is 0. The molecule has 0 atom stereocenters. The average Bonchev–Trinajstić information content (AvgIpc) is 2.78. The maximum atomic E-state index is 12.8. The van der Waals surface area contributed by atoms with Gasteiger partial charge in [-0.2, -0.15) is 0 Å². The quantitative estimate of drug-likeness (QED) is 0.635. The van der Waals surface area contributed by atoms with E-state index < -0.39 is 8.07 Å². The Kier molecular flexibility index (Phi) is 3.42. The molecule has 5 heteroatoms. The zero-order valence-electron chi connectivity index (χ0n) is 12.5. The minimum Gasteiger partial charge on any atom is -0.356 e. The molecule has 0 N–H and O–H groups in total. The Hall–Kier alpha value is -1.75. The molecule has 0 unspecified atom stereocenters. The second kappa shape index (κ2) is 4.66. The first-order valence-electron chi connectivity index (χ1n) is 6.58. The highest BCUT2D eigenvalue weighted by atomic mass is 28.3. The molecular formula is C15H19NO3Si. The third-order valence-corrected chi connectivity index (χ3v) is 9.49. The predicted molar refractivity (Wildman–Crippen MR) is 80.9 cm³/mol. The fraction of sp³-hybridized carbons (Fsp3) is 0.400. The van der Waals surface area contributed by atoms with Crippen molar-refractivity contribution in [3.8, 4) is 0 Å². The molecule has 0 fully saturated rings. The van der Waals surface area contributed by atoms with Crippen LogP contribution >= 0.6 is 0 Å². The standard InChI is InChI=1S/C15H19NO3Si/c1-15(2,3)20(4,5)14(18)10-6-7-11-12(9-17)16-19-13(11)8-10/h6-9H,1-5H3. The number of aromatic nitrogens is 1. The van der Waals surface area contributed by atoms with Crippen molar-refractivity contribution in [1.29, 1.82) is 0 Å². The molecule has 0 saturated carbocycles. The molecule has 2 rings (SSSR count). The van der Waals surface area contributed by atoms with Crippen LogP contribution in [0, 0.1) is 0 Å². The van der Waals surface area contributed by atoms with E-state index in [2.05, 4.69) is 39.0 Å². The van der Waals surface area contributed by atoms with Gasteiger partial charge >= 0.3 is 0 Å². The lowest BCUT2D eigenvalue weighted by Gasteiger charge is -2.35. The van der Waals surface area contributed by atoms with Crippen molar-refractivity contribution in [2.75, 3.05) is 0 Å². The Morgan fingerprint density at radius 1 is 1.30 bits per heavy atom. The summed E-state index contributed by atoms with van der Waals surface area (Å²) in [5, 5.41) is 4.50. The van der Waals surface area contributed by atoms with Gasteiger partial charge in [-0.15, -0.1) is 0 Å². The van der Waals surface area contributed by atoms with Gasteiger partial charge in [-0.25, -0.2) is 0 Å². The third kappa shape index (κ3) is 2.22. The van der Waals surface area contributed by atoms with Crippen LogP contribution in [-0.2, 0) is 0 Å². The minimum atomic E-state index is -2.11. The molecule has 0 bridgehead atoms. The van der Waals surface area contributed by atoms with Crippen molar-refractivity contribution in [3.63, 3.8) is 0 Å². The van der Waals surface area contributed by atoms with Crippen LogP contribution in [0.3, 0.4) is 0 Å². The molecule has 0 aliphatic rings. The molecule has 106 valence electrons. The van der Waals surface area contributed by atoms with E-state index in [1.54, 1.807) is 18.2 Å². The Morgan fingerprint density at radius 3 is 2.50 bits per heavy atom. The predicted octanol–water partition coefficient (Wildman–Crippen LogP) is 3.87. The van der Waals surface area contributed by atoms with Gasteiger partial charge in [0.25, 0.3) is 0 Å². The maximum Gasteiger partial charge on any atom is 0.172 e. The van der Waals surface area contributed by atoms with E-state index >= 15 is 0 Å². The van der Waals surface area contributed by atoms with Gasteiger partial charge in [0.05, 0.1) is 5.39 Å². The van der Waals surface area contributed by atoms with Crippen molar-refractivity contribution in [1.82, 2.24) is 5.16 Å². The summed E-state index contributed by atoms with van der Waals surface area (Å²) in [4.78, 5) is 23.6. The number of rotatable bonds is 3. The Balaban J connectivity index is 2.49. The summed E-state index contributed by atoms with van der Waals surface area (Å²) in [5.74, 6) is 0. The van der Waals surface area contributed by atoms with Crippen molar-refractivity contribution >= 4 is 30.7 Å². The molecule has 0 amide bonds. The van der Waals surface area contributed by atoms with E-state index in [4.69, 9.17) is 4.52 Å². The first-order valence-corrected chi connectivity index (χ1v) is 9.58. The van der Waals surface area contributed by atoms with Crippen molar-refractivity contribution < 1.29 is 14.1 Å². The van der Waals surface area contributed by atoms with Crippen LogP contribution in [0.5, 0.6) is 0 Å². The number of carbonyl (C=O) groups excluding carboxylic acids is 2. The zero-order chi connectivity index (χ0) is 15.1. The summed E-state index contributed by atoms with van der Waals surface area (Å²) >= 11 is 0. The van der Waals surface area contributed by atoms with Crippen LogP contribution in [0.25, 0.3) is 11.0 Å². The van der Waals surface area contributed by atoms with Gasteiger partial charge in [0, 0.05) is 5.56 Å². The molecule has 0 radical (unpaired) electrons. The van der Waals surface area contributed by atoms with Crippen LogP contribution in [0.1, 0.15) is 41.6 Å². The minimum absolute atomic E-state index is 0.0194. The lowest BCUT2D eigenvalue weighted by molar-refractivity contribution is 0.106. The van der Waals surface area contributed by atoms with Gasteiger partial charge in [-0.05, 0) is 17.2 Å². The number of aldehydes is 1. The number of benzene rings is 1. The van der Waals surface area contributed by atoms with E-state index in [0.717, 1.165) is 0 Å². The molecule has 20 heavy (non-hydrogen) atoms. The first-order chi connectivity index (χ1) is 9.18. The normalized spacial score (nSPS) is 12.7. The topological polar surface area (TPSA) is 60.2 Å². The van der Waals surface area contributed by atoms with Gasteiger partial charge in [0.15, 0.2) is 17.6 Å². The lowest BCUT2D eigenvalue weighted by atomic mass is 10.1. The number of fused-ring (bicyclic) bond motifs is 1. The Labute approximate surface area is 119 Å². The average molecular weight is 289 g/mol. The van der Waals surface area contributed by atoms with Crippen LogP contribution in [-0.4, -0.2) is 24.9 Å². The fourth-order valence-corrected chi connectivity index (χ4v) is 3.44. The van der Waals surface area contributed by atoms with E-state index in [9.17, 15) is 9.59 Å². The summed E-state index contributed by atoms with van der Waals surface area (Å²) in [6, 6.07) is 5.18. The van der Waals surface area contributed by atoms with E-state index in [0.29, 0.717) is 22.8 Å². The summed E-state index contributed by atoms with van der Waals surface area (Å²) in [7, 11) is -2.11. The SMILES string of the molecule is CC(C)(C)[Si](C)(C)C(=O)c1ccc2c(C=O)noc2c1. The van der Waals surface area contributed by atoms with Crippen molar-refractivity contribution in [3.05, 3.63) is 29.5 Å². The van der Waals surface area contributed by atoms with Gasteiger partial charge < -0.3 is 9.32 Å². The van der Waals surface area contributed by atoms with E-state index in [1.165, 1.54) is 0 Å². The summed E-state index contributed by atoms with van der Waals surface area (Å²) < 4.78 is 5.11. The highest BCUT2D eigenvalue weighted by Gasteiger charge is 2.42. The van der Waals surface area contributed by atoms with Crippen LogP contribution in [0.4, 0.5) is 0 Å². The highest BCUT2D eigenvalue weighted by Crippen LogP contribution is 2.38. The van der Waals surface area contributed by atoms with Crippen molar-refractivity contribution in [2.24, 2.45) is 0 Å². The Morgan fingerprint density at radius 2 is 1.95 bits per heavy atom. The van der Waals surface area contributed by atoms with Gasteiger partial charge in [-0.3, -0.25) is 4.79 Å². The number of hydrogen-bond acceptors (Lipinski definition) is 4. The molecule has 1 aromatic heterocycles. The van der Waals surface area contributed by atoms with Crippen LogP contribution in [0.15, 0.2) is 22.7 Å². The highest BCUT2D eigenvalue weighted by molar-refractivity contribution is 7.08. The molecule has 0 aliphatic carbocycles. The van der Waals surface area contributed by atoms with E-state index in [1.807, 2.05) is 0 Å². The van der Waals surface area contributed by atoms with Gasteiger partial charge in [0.2, 0.25) is 0 Å². The molecule has 0 aliphatic heterocycles. The monoisotopic (exact) mass is 289 g/mol. The van der Waals surface area contributed by atoms with Crippen LogP contribution in [0.2, 0.25) is 18.1 Å². The van der Waals surface area contributed by atoms with Crippen LogP contribution < -0.4 is 0 Å². The van der Waals surface area contributed by atoms with Crippen molar-refractivity contribution in [2.45, 2.75) is 38.9 Å². The summed E-state index contributed by atoms with van der Waals surface area (Å²) in [5.41, 5.74) is 1.39. The first kappa shape index (κ1) is 14.7. The fourth-order valence-electron chi connectivity index (χ4n) is 1.88. The summed E-state index contributed by atoms with van der Waals surface area (Å²) in [6.45, 7) is 10.5. The zero-order valence-corrected chi connectivity index (χ0v) is 13.5. The van der Waals surface area contributed by atoms with Gasteiger partial charge in [-0.1, -0.05) is 45.1 Å². The number of carbonyl (C=O) groups is 2. The number of nitrogens with zero attached hydrogens (tertiary/aromatic N) is 1. The molecule has 4 nitrogen and oxygen atoms in total. The lowest BCUT2D eigenvalue weighted by Crippen LogP contribution is -2.46.